The van der Waals surface area contributed by atoms with Gasteiger partial charge in [0.2, 0.25) is 0 Å². The van der Waals surface area contributed by atoms with Crippen LogP contribution in [0.3, 0.4) is 0 Å². The second-order valence-corrected chi connectivity index (χ2v) is 12.9. The number of carboxylic acid groups (broad SMARTS) is 1. The van der Waals surface area contributed by atoms with Crippen LogP contribution < -0.4 is 9.64 Å². The number of anilines is 1. The third-order valence-corrected chi connectivity index (χ3v) is 10.0. The van der Waals surface area contributed by atoms with Gasteiger partial charge >= 0.3 is 5.97 Å². The molecule has 2 fully saturated rings. The molecule has 3 aliphatic rings. The quantitative estimate of drug-likeness (QED) is 0.336. The smallest absolute Gasteiger partial charge is 0.306 e. The molecule has 1 atom stereocenters. The van der Waals surface area contributed by atoms with Crippen molar-refractivity contribution in [1.82, 2.24) is 9.88 Å². The second kappa shape index (κ2) is 14.8. The van der Waals surface area contributed by atoms with Gasteiger partial charge in [-0.2, -0.15) is 0 Å². The molecule has 0 spiro atoms. The van der Waals surface area contributed by atoms with Crippen LogP contribution in [-0.4, -0.2) is 78.6 Å². The number of piperidine rings is 1. The maximum absolute atomic E-state index is 14.6. The zero-order valence-corrected chi connectivity index (χ0v) is 26.7. The van der Waals surface area contributed by atoms with Gasteiger partial charge in [0, 0.05) is 63.5 Å². The Bertz CT molecular complexity index is 1420. The van der Waals surface area contributed by atoms with Crippen molar-refractivity contribution >= 4 is 22.4 Å². The highest BCUT2D eigenvalue weighted by Crippen LogP contribution is 2.38. The molecule has 0 bridgehead atoms. The Morgan fingerprint density at radius 3 is 2.59 bits per heavy atom. The van der Waals surface area contributed by atoms with Gasteiger partial charge in [0.15, 0.2) is 5.13 Å². The predicted molar refractivity (Wildman–Crippen MR) is 171 cm³/mol. The summed E-state index contributed by atoms with van der Waals surface area (Å²) in [6.45, 7) is 9.77. The first kappa shape index (κ1) is 32.3. The Morgan fingerprint density at radius 2 is 1.86 bits per heavy atom. The van der Waals surface area contributed by atoms with Crippen LogP contribution in [-0.2, 0) is 22.6 Å². The van der Waals surface area contributed by atoms with Crippen molar-refractivity contribution in [3.8, 4) is 17.0 Å². The molecule has 2 aromatic carbocycles. The number of halogens is 1. The molecule has 4 heterocycles. The summed E-state index contributed by atoms with van der Waals surface area (Å²) >= 11 is 1.50. The summed E-state index contributed by atoms with van der Waals surface area (Å²) in [6, 6.07) is 10.3. The highest BCUT2D eigenvalue weighted by molar-refractivity contribution is 7.14. The highest BCUT2D eigenvalue weighted by Gasteiger charge is 2.28. The molecule has 0 radical (unpaired) electrons. The molecule has 3 aliphatic heterocycles. The van der Waals surface area contributed by atoms with Gasteiger partial charge in [0.05, 0.1) is 11.6 Å². The third kappa shape index (κ3) is 7.42. The van der Waals surface area contributed by atoms with Crippen LogP contribution in [0.5, 0.6) is 5.75 Å². The van der Waals surface area contributed by atoms with Crippen molar-refractivity contribution in [1.29, 1.82) is 0 Å². The predicted octanol–water partition coefficient (Wildman–Crippen LogP) is 5.89. The fourth-order valence-corrected chi connectivity index (χ4v) is 7.61. The number of carbonyl (C=O) groups is 1. The lowest BCUT2D eigenvalue weighted by Gasteiger charge is -2.34. The lowest BCUT2D eigenvalue weighted by molar-refractivity contribution is -0.142. The molecule has 1 aromatic heterocycles. The van der Waals surface area contributed by atoms with E-state index in [1.54, 1.807) is 0 Å². The van der Waals surface area contributed by atoms with E-state index >= 15 is 0 Å². The molecular formula is C34H44FN3O5S. The minimum atomic E-state index is -0.729. The summed E-state index contributed by atoms with van der Waals surface area (Å²) in [5, 5.41) is 19.1. The number of carboxylic acids is 1. The highest BCUT2D eigenvalue weighted by atomic mass is 32.1. The van der Waals surface area contributed by atoms with E-state index in [9.17, 15) is 14.3 Å². The zero-order chi connectivity index (χ0) is 31.2. The summed E-state index contributed by atoms with van der Waals surface area (Å²) in [5.74, 6) is -0.269. The van der Waals surface area contributed by atoms with Crippen LogP contribution in [0.4, 0.5) is 9.52 Å². The molecule has 0 amide bonds. The van der Waals surface area contributed by atoms with Gasteiger partial charge in [-0.3, -0.25) is 9.69 Å². The average molecular weight is 626 g/mol. The lowest BCUT2D eigenvalue weighted by Crippen LogP contribution is -2.41. The molecule has 8 nitrogen and oxygen atoms in total. The number of aliphatic carboxylic acids is 1. The van der Waals surface area contributed by atoms with E-state index in [2.05, 4.69) is 34.9 Å². The Kier molecular flexibility index (Phi) is 10.9. The van der Waals surface area contributed by atoms with Crippen LogP contribution in [0.25, 0.3) is 11.3 Å². The number of hydrogen-bond acceptors (Lipinski definition) is 8. The maximum atomic E-state index is 14.6. The Labute approximate surface area is 263 Å². The number of nitrogens with zero attached hydrogens (tertiary/aromatic N) is 3. The molecule has 2 saturated heterocycles. The van der Waals surface area contributed by atoms with E-state index in [1.165, 1.54) is 34.6 Å². The Hall–Kier alpha value is -3.05. The van der Waals surface area contributed by atoms with Crippen LogP contribution in [0.15, 0.2) is 35.7 Å². The number of rotatable bonds is 7. The van der Waals surface area contributed by atoms with E-state index in [0.29, 0.717) is 61.5 Å². The van der Waals surface area contributed by atoms with Crippen molar-refractivity contribution in [3.63, 3.8) is 0 Å². The van der Waals surface area contributed by atoms with E-state index in [0.717, 1.165) is 68.9 Å². The first-order chi connectivity index (χ1) is 21.4. The number of aryl methyl sites for hydroxylation is 1. The molecule has 0 aliphatic carbocycles. The fourth-order valence-electron chi connectivity index (χ4n) is 6.73. The maximum Gasteiger partial charge on any atom is 0.306 e. The number of ether oxygens (including phenoxy) is 2. The number of aromatic nitrogens is 1. The number of hydrogen-bond donors (Lipinski definition) is 2. The minimum absolute atomic E-state index is 0.298. The van der Waals surface area contributed by atoms with Crippen molar-refractivity contribution in [2.75, 3.05) is 51.4 Å². The van der Waals surface area contributed by atoms with Crippen molar-refractivity contribution in [2.45, 2.75) is 64.5 Å². The number of benzene rings is 2. The van der Waals surface area contributed by atoms with Gasteiger partial charge in [-0.15, -0.1) is 11.3 Å². The van der Waals surface area contributed by atoms with Crippen LogP contribution in [0.2, 0.25) is 0 Å². The standard InChI is InChI=1S/C33H40FN3O4S.CH4O/c1-21-15-26(34)17-29(30-20-42-33(35-30)36-10-6-25(7-11-36)32(38)39)31(21)41-19-23-3-4-24-5-12-37(18-22(2)28(24)16-23)27-8-13-40-14-9-27;1-2/h3-4,15-17,20,22,25,27H,5-14,18-19H2,1-2H3,(H,38,39);2H,1H3/t22-;/m1./s1. The van der Waals surface area contributed by atoms with Gasteiger partial charge in [-0.05, 0) is 79.3 Å². The summed E-state index contributed by atoms with van der Waals surface area (Å²) in [7, 11) is 1.00. The topological polar surface area (TPSA) is 95.4 Å². The van der Waals surface area contributed by atoms with E-state index < -0.39 is 5.97 Å². The Morgan fingerprint density at radius 1 is 1.11 bits per heavy atom. The van der Waals surface area contributed by atoms with Gasteiger partial charge in [0.1, 0.15) is 18.2 Å². The van der Waals surface area contributed by atoms with Gasteiger partial charge < -0.3 is 24.6 Å². The molecule has 0 saturated carbocycles. The average Bonchev–Trinajstić information content (AvgIpc) is 3.48. The normalized spacial score (nSPS) is 19.9. The summed E-state index contributed by atoms with van der Waals surface area (Å²) in [4.78, 5) is 21.0. The number of fused-ring (bicyclic) bond motifs is 1. The van der Waals surface area contributed by atoms with Gasteiger partial charge in [0.25, 0.3) is 0 Å². The lowest BCUT2D eigenvalue weighted by atomic mass is 9.93. The molecule has 6 rings (SSSR count). The second-order valence-electron chi connectivity index (χ2n) is 12.0. The molecule has 44 heavy (non-hydrogen) atoms. The molecular weight excluding hydrogens is 581 g/mol. The van der Waals surface area contributed by atoms with Gasteiger partial charge in [-0.1, -0.05) is 25.1 Å². The molecule has 10 heteroatoms. The zero-order valence-electron chi connectivity index (χ0n) is 25.9. The molecule has 2 N–H and O–H groups in total. The molecule has 3 aromatic rings. The number of aliphatic hydroxyl groups is 1. The van der Waals surface area contributed by atoms with Crippen LogP contribution >= 0.6 is 11.3 Å². The molecule has 0 unspecified atom stereocenters. The molecule has 238 valence electrons. The van der Waals surface area contributed by atoms with Crippen molar-refractivity contribution in [3.05, 3.63) is 63.8 Å². The van der Waals surface area contributed by atoms with E-state index in [-0.39, 0.29) is 11.7 Å². The fraction of sp³-hybridized carbons (Fsp3) is 0.529. The summed E-state index contributed by atoms with van der Waals surface area (Å²) in [5.41, 5.74) is 5.98. The Balaban J connectivity index is 0.00000188. The third-order valence-electron chi connectivity index (χ3n) is 9.13. The summed E-state index contributed by atoms with van der Waals surface area (Å²) in [6.07, 6.45) is 4.49. The van der Waals surface area contributed by atoms with Crippen molar-refractivity contribution in [2.24, 2.45) is 5.92 Å². The first-order valence-electron chi connectivity index (χ1n) is 15.6. The largest absolute Gasteiger partial charge is 0.488 e. The van der Waals surface area contributed by atoms with Gasteiger partial charge in [-0.25, -0.2) is 9.37 Å². The minimum Gasteiger partial charge on any atom is -0.488 e. The van der Waals surface area contributed by atoms with Crippen LogP contribution in [0, 0.1) is 18.7 Å². The number of aliphatic hydroxyl groups excluding tert-OH is 1. The SMILES string of the molecule is CO.Cc1cc(F)cc(-c2csc(N3CCC(C(=O)O)CC3)n2)c1OCc1ccc2c(c1)[C@H](C)CN(C1CCOCC1)CC2. The first-order valence-corrected chi connectivity index (χ1v) is 16.5. The van der Waals surface area contributed by atoms with E-state index in [1.807, 2.05) is 12.3 Å². The van der Waals surface area contributed by atoms with Crippen LogP contribution in [0.1, 0.15) is 60.8 Å². The van der Waals surface area contributed by atoms with E-state index in [4.69, 9.17) is 19.6 Å². The number of thiazole rings is 1. The summed E-state index contributed by atoms with van der Waals surface area (Å²) < 4.78 is 26.6. The monoisotopic (exact) mass is 625 g/mol. The van der Waals surface area contributed by atoms with Crippen molar-refractivity contribution < 1.29 is 28.9 Å².